The number of nitrogens with one attached hydrogen (secondary N) is 1. The van der Waals surface area contributed by atoms with Crippen molar-refractivity contribution in [3.8, 4) is 0 Å². The molecule has 1 saturated carbocycles. The minimum absolute atomic E-state index is 0.0354. The maximum Gasteiger partial charge on any atom is 0.221 e. The molecule has 92 valence electrons. The van der Waals surface area contributed by atoms with Crippen LogP contribution in [0.15, 0.2) is 35.2 Å². The monoisotopic (exact) mass is 253 g/mol. The van der Waals surface area contributed by atoms with Crippen molar-refractivity contribution in [2.45, 2.75) is 30.2 Å². The van der Waals surface area contributed by atoms with E-state index in [1.807, 2.05) is 0 Å². The van der Waals surface area contributed by atoms with Gasteiger partial charge >= 0.3 is 0 Å². The molecule has 1 fully saturated rings. The first-order valence-corrected chi connectivity index (χ1v) is 7.30. The molecule has 1 amide bonds. The third kappa shape index (κ3) is 3.56. The van der Waals surface area contributed by atoms with Crippen LogP contribution in [-0.2, 0) is 14.6 Å². The fraction of sp³-hybridized carbons (Fsp3) is 0.417. The molecular formula is C12H15NO3S. The van der Waals surface area contributed by atoms with Crippen LogP contribution in [-0.4, -0.2) is 26.1 Å². The summed E-state index contributed by atoms with van der Waals surface area (Å²) in [5, 5.41) is 2.77. The zero-order valence-corrected chi connectivity index (χ0v) is 10.2. The smallest absolute Gasteiger partial charge is 0.221 e. The molecule has 1 aliphatic carbocycles. The molecule has 0 aliphatic heterocycles. The molecule has 1 aromatic carbocycles. The Bertz CT molecular complexity index is 492. The summed E-state index contributed by atoms with van der Waals surface area (Å²) < 4.78 is 23.7. The van der Waals surface area contributed by atoms with Gasteiger partial charge in [0, 0.05) is 12.5 Å². The molecular weight excluding hydrogens is 238 g/mol. The minimum Gasteiger partial charge on any atom is -0.353 e. The van der Waals surface area contributed by atoms with E-state index in [4.69, 9.17) is 0 Å². The lowest BCUT2D eigenvalue weighted by Crippen LogP contribution is -2.27. The number of hydrogen-bond acceptors (Lipinski definition) is 3. The lowest BCUT2D eigenvalue weighted by atomic mass is 10.4. The normalized spacial score (nSPS) is 15.5. The summed E-state index contributed by atoms with van der Waals surface area (Å²) in [5.41, 5.74) is 0. The second kappa shape index (κ2) is 4.87. The molecule has 0 heterocycles. The van der Waals surface area contributed by atoms with E-state index in [-0.39, 0.29) is 29.0 Å². The largest absolute Gasteiger partial charge is 0.353 e. The highest BCUT2D eigenvalue weighted by molar-refractivity contribution is 7.91. The summed E-state index contributed by atoms with van der Waals surface area (Å²) in [7, 11) is -3.33. The van der Waals surface area contributed by atoms with Gasteiger partial charge in [-0.2, -0.15) is 0 Å². The fourth-order valence-corrected chi connectivity index (χ4v) is 2.76. The van der Waals surface area contributed by atoms with E-state index in [9.17, 15) is 13.2 Å². The molecule has 1 aromatic rings. The molecule has 0 bridgehead atoms. The highest BCUT2D eigenvalue weighted by Crippen LogP contribution is 2.19. The average Bonchev–Trinajstić information content (AvgIpc) is 3.12. The molecule has 0 spiro atoms. The van der Waals surface area contributed by atoms with Crippen LogP contribution in [0.5, 0.6) is 0 Å². The zero-order valence-electron chi connectivity index (χ0n) is 9.43. The van der Waals surface area contributed by atoms with Crippen molar-refractivity contribution in [1.29, 1.82) is 0 Å². The Morgan fingerprint density at radius 2 is 1.88 bits per heavy atom. The van der Waals surface area contributed by atoms with Crippen molar-refractivity contribution < 1.29 is 13.2 Å². The van der Waals surface area contributed by atoms with Gasteiger partial charge in [0.15, 0.2) is 9.84 Å². The van der Waals surface area contributed by atoms with Gasteiger partial charge in [-0.05, 0) is 25.0 Å². The quantitative estimate of drug-likeness (QED) is 0.855. The van der Waals surface area contributed by atoms with Crippen LogP contribution in [0.4, 0.5) is 0 Å². The molecule has 2 rings (SSSR count). The number of hydrogen-bond donors (Lipinski definition) is 1. The van der Waals surface area contributed by atoms with Crippen molar-refractivity contribution in [1.82, 2.24) is 5.32 Å². The number of amides is 1. The van der Waals surface area contributed by atoms with Gasteiger partial charge in [0.05, 0.1) is 10.6 Å². The van der Waals surface area contributed by atoms with Gasteiger partial charge < -0.3 is 5.32 Å². The number of carbonyl (C=O) groups excluding carboxylic acids is 1. The molecule has 0 saturated heterocycles. The zero-order chi connectivity index (χ0) is 12.3. The molecule has 1 aliphatic rings. The second-order valence-corrected chi connectivity index (χ2v) is 6.33. The van der Waals surface area contributed by atoms with Crippen LogP contribution in [0, 0.1) is 0 Å². The Kier molecular flexibility index (Phi) is 3.47. The van der Waals surface area contributed by atoms with Crippen LogP contribution < -0.4 is 5.32 Å². The summed E-state index contributed by atoms with van der Waals surface area (Å²) in [4.78, 5) is 11.7. The van der Waals surface area contributed by atoms with E-state index in [2.05, 4.69) is 5.32 Å². The average molecular weight is 253 g/mol. The van der Waals surface area contributed by atoms with Crippen molar-refractivity contribution in [3.63, 3.8) is 0 Å². The topological polar surface area (TPSA) is 63.2 Å². The number of carbonyl (C=O) groups is 1. The second-order valence-electron chi connectivity index (χ2n) is 4.22. The number of benzene rings is 1. The van der Waals surface area contributed by atoms with E-state index >= 15 is 0 Å². The Morgan fingerprint density at radius 3 is 2.47 bits per heavy atom. The van der Waals surface area contributed by atoms with Crippen molar-refractivity contribution >= 4 is 15.7 Å². The third-order valence-corrected chi connectivity index (χ3v) is 4.37. The van der Waals surface area contributed by atoms with Gasteiger partial charge in [-0.3, -0.25) is 4.79 Å². The van der Waals surface area contributed by atoms with Crippen LogP contribution in [0.2, 0.25) is 0 Å². The first kappa shape index (κ1) is 12.1. The standard InChI is InChI=1S/C12H15NO3S/c14-12(13-10-6-7-10)8-9-17(15,16)11-4-2-1-3-5-11/h1-5,10H,6-9H2,(H,13,14). The van der Waals surface area contributed by atoms with Crippen LogP contribution in [0.3, 0.4) is 0 Å². The lowest BCUT2D eigenvalue weighted by molar-refractivity contribution is -0.120. The van der Waals surface area contributed by atoms with Crippen LogP contribution in [0.25, 0.3) is 0 Å². The molecule has 0 radical (unpaired) electrons. The summed E-state index contributed by atoms with van der Waals surface area (Å²) >= 11 is 0. The first-order chi connectivity index (χ1) is 8.08. The summed E-state index contributed by atoms with van der Waals surface area (Å²) in [6.07, 6.45) is 2.06. The van der Waals surface area contributed by atoms with Gasteiger partial charge in [0.1, 0.15) is 0 Å². The molecule has 1 N–H and O–H groups in total. The molecule has 17 heavy (non-hydrogen) atoms. The highest BCUT2D eigenvalue weighted by Gasteiger charge is 2.24. The van der Waals surface area contributed by atoms with Gasteiger partial charge in [-0.25, -0.2) is 8.42 Å². The molecule has 4 nitrogen and oxygen atoms in total. The van der Waals surface area contributed by atoms with Crippen molar-refractivity contribution in [3.05, 3.63) is 30.3 Å². The first-order valence-electron chi connectivity index (χ1n) is 5.65. The Morgan fingerprint density at radius 1 is 1.24 bits per heavy atom. The summed E-state index contributed by atoms with van der Waals surface area (Å²) in [5.74, 6) is -0.303. The lowest BCUT2D eigenvalue weighted by Gasteiger charge is -2.05. The minimum atomic E-state index is -3.33. The van der Waals surface area contributed by atoms with Crippen LogP contribution in [0.1, 0.15) is 19.3 Å². The van der Waals surface area contributed by atoms with Gasteiger partial charge in [0.2, 0.25) is 5.91 Å². The molecule has 0 aromatic heterocycles. The van der Waals surface area contributed by atoms with Gasteiger partial charge in [-0.15, -0.1) is 0 Å². The van der Waals surface area contributed by atoms with Gasteiger partial charge in [-0.1, -0.05) is 18.2 Å². The van der Waals surface area contributed by atoms with Crippen molar-refractivity contribution in [2.75, 3.05) is 5.75 Å². The number of rotatable bonds is 5. The predicted molar refractivity (Wildman–Crippen MR) is 64.3 cm³/mol. The third-order valence-electron chi connectivity index (χ3n) is 2.64. The van der Waals surface area contributed by atoms with E-state index in [0.717, 1.165) is 12.8 Å². The maximum atomic E-state index is 11.9. The van der Waals surface area contributed by atoms with Crippen molar-refractivity contribution in [2.24, 2.45) is 0 Å². The molecule has 5 heteroatoms. The van der Waals surface area contributed by atoms with E-state index in [1.54, 1.807) is 30.3 Å². The molecule has 0 unspecified atom stereocenters. The SMILES string of the molecule is O=C(CCS(=O)(=O)c1ccccc1)NC1CC1. The van der Waals surface area contributed by atoms with Gasteiger partial charge in [0.25, 0.3) is 0 Å². The Hall–Kier alpha value is -1.36. The summed E-state index contributed by atoms with van der Waals surface area (Å²) in [6.45, 7) is 0. The molecule has 0 atom stereocenters. The number of sulfone groups is 1. The maximum absolute atomic E-state index is 11.9. The van der Waals surface area contributed by atoms with E-state index in [0.29, 0.717) is 0 Å². The highest BCUT2D eigenvalue weighted by atomic mass is 32.2. The van der Waals surface area contributed by atoms with E-state index in [1.165, 1.54) is 0 Å². The Labute approximate surface area is 101 Å². The van der Waals surface area contributed by atoms with E-state index < -0.39 is 9.84 Å². The Balaban J connectivity index is 1.91. The van der Waals surface area contributed by atoms with Crippen LogP contribution >= 0.6 is 0 Å². The predicted octanol–water partition coefficient (Wildman–Crippen LogP) is 1.13. The summed E-state index contributed by atoms with van der Waals surface area (Å²) in [6, 6.07) is 8.50. The fourth-order valence-electron chi connectivity index (χ4n) is 1.50.